The Hall–Kier alpha value is -2.97. The number of nitrogens with one attached hydrogen (secondary N) is 2. The van der Waals surface area contributed by atoms with Crippen molar-refractivity contribution in [2.45, 2.75) is 25.3 Å². The van der Waals surface area contributed by atoms with E-state index in [1.54, 1.807) is 7.11 Å². The number of nitrogens with zero attached hydrogens (tertiary/aromatic N) is 3. The second-order valence-electron chi connectivity index (χ2n) is 7.99. The van der Waals surface area contributed by atoms with Crippen LogP contribution in [0.1, 0.15) is 36.0 Å². The number of aromatic nitrogens is 2. The highest BCUT2D eigenvalue weighted by atomic mass is 32.1. The Kier molecular flexibility index (Phi) is 7.25. The van der Waals surface area contributed by atoms with E-state index in [1.165, 1.54) is 11.3 Å². The molecule has 1 aromatic heterocycles. The Morgan fingerprint density at radius 3 is 2.55 bits per heavy atom. The van der Waals surface area contributed by atoms with Crippen molar-refractivity contribution in [1.29, 1.82) is 0 Å². The zero-order chi connectivity index (χ0) is 22.4. The SMILES string of the molecule is COc1cccc(C(CNC(=O)Nc2nnc(C(C)(C)c3ccccc3)s2)N(C)C)c1. The van der Waals surface area contributed by atoms with Gasteiger partial charge in [-0.15, -0.1) is 10.2 Å². The molecule has 0 aliphatic carbocycles. The second-order valence-corrected chi connectivity index (χ2v) is 8.97. The Labute approximate surface area is 187 Å². The minimum Gasteiger partial charge on any atom is -0.497 e. The van der Waals surface area contributed by atoms with Crippen molar-refractivity contribution >= 4 is 22.5 Å². The molecule has 0 aliphatic rings. The molecule has 2 N–H and O–H groups in total. The van der Waals surface area contributed by atoms with Crippen LogP contribution >= 0.6 is 11.3 Å². The first kappa shape index (κ1) is 22.7. The summed E-state index contributed by atoms with van der Waals surface area (Å²) < 4.78 is 5.32. The number of carbonyl (C=O) groups is 1. The zero-order valence-corrected chi connectivity index (χ0v) is 19.4. The molecule has 0 radical (unpaired) electrons. The number of rotatable bonds is 8. The molecule has 2 aromatic carbocycles. The molecule has 164 valence electrons. The van der Waals surface area contributed by atoms with Crippen LogP contribution in [0, 0.1) is 0 Å². The number of methoxy groups -OCH3 is 1. The van der Waals surface area contributed by atoms with Crippen molar-refractivity contribution in [2.24, 2.45) is 0 Å². The van der Waals surface area contributed by atoms with Gasteiger partial charge in [0.25, 0.3) is 0 Å². The molecule has 8 heteroatoms. The van der Waals surface area contributed by atoms with Gasteiger partial charge >= 0.3 is 6.03 Å². The third-order valence-corrected chi connectivity index (χ3v) is 6.40. The predicted molar refractivity (Wildman–Crippen MR) is 125 cm³/mol. The summed E-state index contributed by atoms with van der Waals surface area (Å²) in [6.07, 6.45) is 0. The average molecular weight is 440 g/mol. The van der Waals surface area contributed by atoms with E-state index in [0.717, 1.165) is 21.9 Å². The molecule has 1 heterocycles. The lowest BCUT2D eigenvalue weighted by Crippen LogP contribution is -2.36. The first-order valence-electron chi connectivity index (χ1n) is 10.1. The second kappa shape index (κ2) is 9.89. The van der Waals surface area contributed by atoms with Gasteiger partial charge in [0.05, 0.1) is 13.2 Å². The highest BCUT2D eigenvalue weighted by Crippen LogP contribution is 2.34. The molecular formula is C23H29N5O2S. The van der Waals surface area contributed by atoms with E-state index in [1.807, 2.05) is 56.6 Å². The number of hydrogen-bond donors (Lipinski definition) is 2. The van der Waals surface area contributed by atoms with E-state index in [9.17, 15) is 4.79 Å². The molecule has 7 nitrogen and oxygen atoms in total. The van der Waals surface area contributed by atoms with Gasteiger partial charge in [-0.3, -0.25) is 5.32 Å². The summed E-state index contributed by atoms with van der Waals surface area (Å²) in [5.74, 6) is 0.788. The van der Waals surface area contributed by atoms with Crippen LogP contribution in [0.4, 0.5) is 9.93 Å². The van der Waals surface area contributed by atoms with Gasteiger partial charge in [-0.2, -0.15) is 0 Å². The van der Waals surface area contributed by atoms with Crippen molar-refractivity contribution in [1.82, 2.24) is 20.4 Å². The topological polar surface area (TPSA) is 79.4 Å². The molecule has 0 spiro atoms. The van der Waals surface area contributed by atoms with Gasteiger partial charge in [-0.1, -0.05) is 53.8 Å². The molecule has 0 bridgehead atoms. The van der Waals surface area contributed by atoms with Crippen molar-refractivity contribution in [3.05, 3.63) is 70.7 Å². The van der Waals surface area contributed by atoms with Crippen LogP contribution in [0.25, 0.3) is 0 Å². The van der Waals surface area contributed by atoms with E-state index in [2.05, 4.69) is 51.7 Å². The molecule has 0 saturated carbocycles. The molecule has 0 aliphatic heterocycles. The summed E-state index contributed by atoms with van der Waals surface area (Å²) >= 11 is 1.38. The normalized spacial score (nSPS) is 12.5. The fraction of sp³-hybridized carbons (Fsp3) is 0.348. The highest BCUT2D eigenvalue weighted by Gasteiger charge is 2.27. The number of urea groups is 1. The average Bonchev–Trinajstić information content (AvgIpc) is 3.23. The smallest absolute Gasteiger partial charge is 0.321 e. The van der Waals surface area contributed by atoms with E-state index >= 15 is 0 Å². The lowest BCUT2D eigenvalue weighted by molar-refractivity contribution is 0.243. The fourth-order valence-corrected chi connectivity index (χ4v) is 4.15. The van der Waals surface area contributed by atoms with E-state index < -0.39 is 0 Å². The number of ether oxygens (including phenoxy) is 1. The molecule has 31 heavy (non-hydrogen) atoms. The lowest BCUT2D eigenvalue weighted by atomic mass is 9.85. The number of carbonyl (C=O) groups excluding carboxylic acids is 1. The minimum atomic E-state index is -0.310. The Balaban J connectivity index is 1.63. The third kappa shape index (κ3) is 5.59. The van der Waals surface area contributed by atoms with E-state index in [4.69, 9.17) is 4.74 Å². The Bertz CT molecular complexity index is 1000. The van der Waals surface area contributed by atoms with Gasteiger partial charge in [0.15, 0.2) is 0 Å². The summed E-state index contributed by atoms with van der Waals surface area (Å²) in [6, 6.07) is 17.7. The van der Waals surface area contributed by atoms with Crippen LogP contribution in [-0.4, -0.2) is 48.9 Å². The van der Waals surface area contributed by atoms with Crippen LogP contribution in [0.2, 0.25) is 0 Å². The number of anilines is 1. The Morgan fingerprint density at radius 1 is 1.13 bits per heavy atom. The fourth-order valence-electron chi connectivity index (χ4n) is 3.28. The zero-order valence-electron chi connectivity index (χ0n) is 18.5. The van der Waals surface area contributed by atoms with Gasteiger partial charge in [0.2, 0.25) is 5.13 Å². The summed E-state index contributed by atoms with van der Waals surface area (Å²) in [6.45, 7) is 4.64. The summed E-state index contributed by atoms with van der Waals surface area (Å²) in [7, 11) is 5.60. The highest BCUT2D eigenvalue weighted by molar-refractivity contribution is 7.15. The Morgan fingerprint density at radius 2 is 1.87 bits per heavy atom. The van der Waals surface area contributed by atoms with Gasteiger partial charge in [0, 0.05) is 12.0 Å². The standard InChI is InChI=1S/C23H29N5O2S/c1-23(2,17-11-7-6-8-12-17)20-26-27-22(31-20)25-21(29)24-15-19(28(3)4)16-10-9-13-18(14-16)30-5/h6-14,19H,15H2,1-5H3,(H2,24,25,27,29). The third-order valence-electron chi connectivity index (χ3n) is 5.23. The summed E-state index contributed by atoms with van der Waals surface area (Å²) in [5, 5.41) is 15.5. The molecule has 0 saturated heterocycles. The largest absolute Gasteiger partial charge is 0.497 e. The maximum Gasteiger partial charge on any atom is 0.321 e. The minimum absolute atomic E-state index is 0.00263. The number of amides is 2. The van der Waals surface area contributed by atoms with Crippen LogP contribution in [0.15, 0.2) is 54.6 Å². The summed E-state index contributed by atoms with van der Waals surface area (Å²) in [5.41, 5.74) is 1.92. The first-order valence-corrected chi connectivity index (χ1v) is 10.9. The van der Waals surface area contributed by atoms with Crippen LogP contribution in [0.5, 0.6) is 5.75 Å². The molecule has 3 rings (SSSR count). The first-order chi connectivity index (χ1) is 14.8. The summed E-state index contributed by atoms with van der Waals surface area (Å²) in [4.78, 5) is 14.6. The molecule has 1 unspecified atom stereocenters. The van der Waals surface area contributed by atoms with Crippen LogP contribution in [-0.2, 0) is 5.41 Å². The molecule has 2 amide bonds. The molecule has 1 atom stereocenters. The molecule has 3 aromatic rings. The van der Waals surface area contributed by atoms with Crippen LogP contribution < -0.4 is 15.4 Å². The monoisotopic (exact) mass is 439 g/mol. The van der Waals surface area contributed by atoms with Gasteiger partial charge in [-0.25, -0.2) is 4.79 Å². The maximum absolute atomic E-state index is 12.5. The lowest BCUT2D eigenvalue weighted by Gasteiger charge is -2.25. The van der Waals surface area contributed by atoms with Crippen molar-refractivity contribution in [3.63, 3.8) is 0 Å². The van der Waals surface area contributed by atoms with Gasteiger partial charge in [0.1, 0.15) is 10.8 Å². The van der Waals surface area contributed by atoms with Crippen molar-refractivity contribution in [3.8, 4) is 5.75 Å². The number of benzene rings is 2. The van der Waals surface area contributed by atoms with E-state index in [-0.39, 0.29) is 17.5 Å². The number of hydrogen-bond acceptors (Lipinski definition) is 6. The van der Waals surface area contributed by atoms with Gasteiger partial charge in [-0.05, 0) is 51.2 Å². The van der Waals surface area contributed by atoms with Crippen molar-refractivity contribution < 1.29 is 9.53 Å². The van der Waals surface area contributed by atoms with E-state index in [0.29, 0.717) is 11.7 Å². The quantitative estimate of drug-likeness (QED) is 0.547. The van der Waals surface area contributed by atoms with Crippen LogP contribution in [0.3, 0.4) is 0 Å². The predicted octanol–water partition coefficient (Wildman–Crippen LogP) is 4.30. The molecule has 0 fully saturated rings. The van der Waals surface area contributed by atoms with Crippen molar-refractivity contribution in [2.75, 3.05) is 33.1 Å². The molecular weight excluding hydrogens is 410 g/mol. The van der Waals surface area contributed by atoms with Gasteiger partial charge < -0.3 is 15.0 Å². The number of likely N-dealkylation sites (N-methyl/N-ethyl adjacent to an activating group) is 1. The maximum atomic E-state index is 12.5.